The zero-order valence-corrected chi connectivity index (χ0v) is 15.9. The maximum absolute atomic E-state index is 13.2. The SMILES string of the molecule is Oc1c(C(Nc2ccc(F)cn2)c2cccc(Cl)c2Cl)ccc2cccnc12. The van der Waals surface area contributed by atoms with Crippen LogP contribution >= 0.6 is 23.2 Å². The van der Waals surface area contributed by atoms with Crippen molar-refractivity contribution in [3.63, 3.8) is 0 Å². The molecule has 140 valence electrons. The maximum Gasteiger partial charge on any atom is 0.147 e. The summed E-state index contributed by atoms with van der Waals surface area (Å²) in [6, 6.07) is 14.8. The van der Waals surface area contributed by atoms with Gasteiger partial charge in [0, 0.05) is 17.1 Å². The van der Waals surface area contributed by atoms with Crippen molar-refractivity contribution in [1.29, 1.82) is 0 Å². The first-order valence-electron chi connectivity index (χ1n) is 8.43. The molecule has 7 heteroatoms. The molecule has 0 radical (unpaired) electrons. The molecule has 0 saturated heterocycles. The van der Waals surface area contributed by atoms with Gasteiger partial charge in [0.25, 0.3) is 0 Å². The number of benzene rings is 2. The van der Waals surface area contributed by atoms with Crippen molar-refractivity contribution in [1.82, 2.24) is 9.97 Å². The van der Waals surface area contributed by atoms with Gasteiger partial charge in [-0.25, -0.2) is 9.37 Å². The average molecular weight is 414 g/mol. The minimum absolute atomic E-state index is 0.0220. The van der Waals surface area contributed by atoms with Crippen LogP contribution in [0.5, 0.6) is 5.75 Å². The minimum atomic E-state index is -0.587. The van der Waals surface area contributed by atoms with Crippen LogP contribution in [0, 0.1) is 5.82 Å². The second-order valence-electron chi connectivity index (χ2n) is 6.16. The highest BCUT2D eigenvalue weighted by Crippen LogP contribution is 2.40. The third kappa shape index (κ3) is 3.46. The lowest BCUT2D eigenvalue weighted by Crippen LogP contribution is -2.14. The molecular weight excluding hydrogens is 400 g/mol. The van der Waals surface area contributed by atoms with E-state index in [0.717, 1.165) is 11.6 Å². The Kier molecular flexibility index (Phi) is 5.03. The largest absolute Gasteiger partial charge is 0.505 e. The Bertz CT molecular complexity index is 1150. The predicted octanol–water partition coefficient (Wildman–Crippen LogP) is 5.98. The second-order valence-corrected chi connectivity index (χ2v) is 6.95. The number of hydrogen-bond donors (Lipinski definition) is 2. The topological polar surface area (TPSA) is 58.0 Å². The van der Waals surface area contributed by atoms with Crippen LogP contribution in [0.25, 0.3) is 10.9 Å². The zero-order chi connectivity index (χ0) is 19.7. The van der Waals surface area contributed by atoms with Gasteiger partial charge >= 0.3 is 0 Å². The Hall–Kier alpha value is -2.89. The molecular formula is C21H14Cl2FN3O. The standard InChI is InChI=1S/C21H14Cl2FN3O/c22-16-5-1-4-14(18(16)23)20(27-17-9-7-13(24)11-26-17)15-8-6-12-3-2-10-25-19(12)21(15)28/h1-11,20,28H,(H,26,27). The Morgan fingerprint density at radius 1 is 0.929 bits per heavy atom. The minimum Gasteiger partial charge on any atom is -0.505 e. The Balaban J connectivity index is 1.89. The number of aromatic hydroxyl groups is 1. The molecule has 2 N–H and O–H groups in total. The molecule has 4 rings (SSSR count). The van der Waals surface area contributed by atoms with E-state index in [9.17, 15) is 9.50 Å². The van der Waals surface area contributed by atoms with E-state index in [2.05, 4.69) is 15.3 Å². The van der Waals surface area contributed by atoms with Crippen molar-refractivity contribution in [3.05, 3.63) is 94.0 Å². The van der Waals surface area contributed by atoms with Crippen molar-refractivity contribution in [3.8, 4) is 5.75 Å². The fourth-order valence-corrected chi connectivity index (χ4v) is 3.47. The summed E-state index contributed by atoms with van der Waals surface area (Å²) in [6.45, 7) is 0. The molecule has 2 aromatic carbocycles. The number of hydrogen-bond acceptors (Lipinski definition) is 4. The normalized spacial score (nSPS) is 12.1. The van der Waals surface area contributed by atoms with Crippen LogP contribution in [-0.2, 0) is 0 Å². The van der Waals surface area contributed by atoms with E-state index in [-0.39, 0.29) is 5.75 Å². The fraction of sp³-hybridized carbons (Fsp3) is 0.0476. The zero-order valence-electron chi connectivity index (χ0n) is 14.4. The average Bonchev–Trinajstić information content (AvgIpc) is 2.71. The summed E-state index contributed by atoms with van der Waals surface area (Å²) in [5.74, 6) is -0.00245. The van der Waals surface area contributed by atoms with Crippen molar-refractivity contribution in [2.45, 2.75) is 6.04 Å². The van der Waals surface area contributed by atoms with Crippen LogP contribution in [0.15, 0.2) is 67.0 Å². The van der Waals surface area contributed by atoms with E-state index in [1.165, 1.54) is 12.1 Å². The summed E-state index contributed by atoms with van der Waals surface area (Å²) >= 11 is 12.7. The summed E-state index contributed by atoms with van der Waals surface area (Å²) in [5, 5.41) is 15.7. The molecule has 0 aliphatic heterocycles. The van der Waals surface area contributed by atoms with Crippen LogP contribution in [0.3, 0.4) is 0 Å². The third-order valence-electron chi connectivity index (χ3n) is 4.40. The van der Waals surface area contributed by atoms with Gasteiger partial charge in [0.15, 0.2) is 0 Å². The number of pyridine rings is 2. The van der Waals surface area contributed by atoms with Gasteiger partial charge in [-0.3, -0.25) is 4.98 Å². The van der Waals surface area contributed by atoms with Gasteiger partial charge in [-0.15, -0.1) is 0 Å². The van der Waals surface area contributed by atoms with E-state index >= 15 is 0 Å². The highest BCUT2D eigenvalue weighted by molar-refractivity contribution is 6.42. The van der Waals surface area contributed by atoms with E-state index < -0.39 is 11.9 Å². The molecule has 0 aliphatic rings. The van der Waals surface area contributed by atoms with Gasteiger partial charge in [0.2, 0.25) is 0 Å². The molecule has 0 spiro atoms. The lowest BCUT2D eigenvalue weighted by atomic mass is 9.96. The molecule has 2 aromatic heterocycles. The van der Waals surface area contributed by atoms with Crippen LogP contribution in [0.4, 0.5) is 10.2 Å². The Labute approximate surface area is 170 Å². The lowest BCUT2D eigenvalue weighted by Gasteiger charge is -2.23. The van der Waals surface area contributed by atoms with Crippen molar-refractivity contribution >= 4 is 39.9 Å². The number of nitrogens with one attached hydrogen (secondary N) is 1. The second kappa shape index (κ2) is 7.62. The lowest BCUT2D eigenvalue weighted by molar-refractivity contribution is 0.471. The first-order chi connectivity index (χ1) is 13.5. The quantitative estimate of drug-likeness (QED) is 0.431. The van der Waals surface area contributed by atoms with Crippen LogP contribution in [-0.4, -0.2) is 15.1 Å². The van der Waals surface area contributed by atoms with Gasteiger partial charge in [-0.2, -0.15) is 0 Å². The first kappa shape index (κ1) is 18.5. The molecule has 0 fully saturated rings. The summed E-state index contributed by atoms with van der Waals surface area (Å²) in [6.07, 6.45) is 2.73. The summed E-state index contributed by atoms with van der Waals surface area (Å²) in [7, 11) is 0. The number of fused-ring (bicyclic) bond motifs is 1. The van der Waals surface area contributed by atoms with E-state index in [0.29, 0.717) is 32.5 Å². The van der Waals surface area contributed by atoms with E-state index in [4.69, 9.17) is 23.2 Å². The van der Waals surface area contributed by atoms with Crippen molar-refractivity contribution in [2.24, 2.45) is 0 Å². The van der Waals surface area contributed by atoms with Gasteiger partial charge in [-0.1, -0.05) is 53.5 Å². The molecule has 28 heavy (non-hydrogen) atoms. The molecule has 0 aliphatic carbocycles. The van der Waals surface area contributed by atoms with E-state index in [1.54, 1.807) is 36.5 Å². The van der Waals surface area contributed by atoms with Crippen LogP contribution in [0.1, 0.15) is 17.2 Å². The first-order valence-corrected chi connectivity index (χ1v) is 9.19. The van der Waals surface area contributed by atoms with E-state index in [1.807, 2.05) is 12.1 Å². The number of rotatable bonds is 4. The van der Waals surface area contributed by atoms with Gasteiger partial charge in [-0.05, 0) is 29.8 Å². The Morgan fingerprint density at radius 3 is 2.57 bits per heavy atom. The van der Waals surface area contributed by atoms with Gasteiger partial charge < -0.3 is 10.4 Å². The molecule has 0 bridgehead atoms. The molecule has 2 heterocycles. The third-order valence-corrected chi connectivity index (χ3v) is 5.24. The monoisotopic (exact) mass is 413 g/mol. The summed E-state index contributed by atoms with van der Waals surface area (Å²) in [4.78, 5) is 8.33. The highest BCUT2D eigenvalue weighted by Gasteiger charge is 2.23. The molecule has 0 amide bonds. The number of aromatic nitrogens is 2. The van der Waals surface area contributed by atoms with Crippen molar-refractivity contribution in [2.75, 3.05) is 5.32 Å². The molecule has 1 atom stereocenters. The van der Waals surface area contributed by atoms with Gasteiger partial charge in [0.05, 0.1) is 22.3 Å². The maximum atomic E-state index is 13.2. The highest BCUT2D eigenvalue weighted by atomic mass is 35.5. The smallest absolute Gasteiger partial charge is 0.147 e. The number of anilines is 1. The molecule has 4 aromatic rings. The molecule has 1 unspecified atom stereocenters. The van der Waals surface area contributed by atoms with Crippen LogP contribution in [0.2, 0.25) is 10.0 Å². The van der Waals surface area contributed by atoms with Crippen LogP contribution < -0.4 is 5.32 Å². The number of nitrogens with zero attached hydrogens (tertiary/aromatic N) is 2. The molecule has 0 saturated carbocycles. The fourth-order valence-electron chi connectivity index (χ4n) is 3.05. The van der Waals surface area contributed by atoms with Gasteiger partial charge in [0.1, 0.15) is 22.9 Å². The summed E-state index contributed by atoms with van der Waals surface area (Å²) < 4.78 is 13.2. The number of phenolic OH excluding ortho intramolecular Hbond substituents is 1. The Morgan fingerprint density at radius 2 is 1.79 bits per heavy atom. The summed E-state index contributed by atoms with van der Waals surface area (Å²) in [5.41, 5.74) is 1.66. The number of halogens is 3. The number of phenols is 1. The molecule has 4 nitrogen and oxygen atoms in total. The van der Waals surface area contributed by atoms with Crippen molar-refractivity contribution < 1.29 is 9.50 Å². The predicted molar refractivity (Wildman–Crippen MR) is 110 cm³/mol.